The average Bonchev–Trinajstić information content (AvgIpc) is 2.63. The highest BCUT2D eigenvalue weighted by atomic mass is 35.5. The number of halogens is 1. The van der Waals surface area contributed by atoms with Crippen LogP contribution in [0.1, 0.15) is 63.9 Å². The Kier molecular flexibility index (Phi) is 9.29. The summed E-state index contributed by atoms with van der Waals surface area (Å²) < 4.78 is 0. The van der Waals surface area contributed by atoms with E-state index in [0.29, 0.717) is 12.8 Å². The van der Waals surface area contributed by atoms with Crippen LogP contribution in [0.2, 0.25) is 5.02 Å². The van der Waals surface area contributed by atoms with Crippen LogP contribution in [0.5, 0.6) is 0 Å². The lowest BCUT2D eigenvalue weighted by molar-refractivity contribution is -0.121. The molecule has 1 amide bonds. The van der Waals surface area contributed by atoms with E-state index >= 15 is 0 Å². The molecule has 1 aromatic rings. The maximum Gasteiger partial charge on any atom is 0.220 e. The summed E-state index contributed by atoms with van der Waals surface area (Å²) in [6.45, 7) is 4.81. The van der Waals surface area contributed by atoms with Gasteiger partial charge in [-0.3, -0.25) is 9.79 Å². The summed E-state index contributed by atoms with van der Waals surface area (Å²) in [6.07, 6.45) is 8.89. The lowest BCUT2D eigenvalue weighted by Crippen LogP contribution is -2.42. The maximum atomic E-state index is 12.4. The fourth-order valence-electron chi connectivity index (χ4n) is 3.87. The lowest BCUT2D eigenvalue weighted by Gasteiger charge is -2.27. The van der Waals surface area contributed by atoms with E-state index in [9.17, 15) is 4.79 Å². The number of aryl methyl sites for hydroxylation is 1. The summed E-state index contributed by atoms with van der Waals surface area (Å²) >= 11 is 5.99. The third kappa shape index (κ3) is 8.02. The number of nitrogens with one attached hydrogen (secondary N) is 2. The van der Waals surface area contributed by atoms with Crippen molar-refractivity contribution < 1.29 is 4.79 Å². The molecule has 1 aliphatic carbocycles. The number of benzene rings is 1. The van der Waals surface area contributed by atoms with Crippen molar-refractivity contribution in [2.24, 2.45) is 10.9 Å². The van der Waals surface area contributed by atoms with Crippen molar-refractivity contribution in [1.29, 1.82) is 0 Å². The first-order chi connectivity index (χ1) is 13.0. The van der Waals surface area contributed by atoms with Gasteiger partial charge >= 0.3 is 0 Å². The summed E-state index contributed by atoms with van der Waals surface area (Å²) in [7, 11) is 1.95. The Balaban J connectivity index is 1.82. The topological polar surface area (TPSA) is 53.5 Å². The highest BCUT2D eigenvalue weighted by Gasteiger charge is 2.20. The van der Waals surface area contributed by atoms with E-state index in [1.165, 1.54) is 32.1 Å². The van der Waals surface area contributed by atoms with Gasteiger partial charge in [0.1, 0.15) is 0 Å². The van der Waals surface area contributed by atoms with Crippen molar-refractivity contribution >= 4 is 28.9 Å². The van der Waals surface area contributed by atoms with Gasteiger partial charge in [0.2, 0.25) is 5.91 Å². The van der Waals surface area contributed by atoms with Gasteiger partial charge < -0.3 is 10.6 Å². The van der Waals surface area contributed by atoms with Gasteiger partial charge in [0, 0.05) is 29.7 Å². The smallest absolute Gasteiger partial charge is 0.220 e. The number of hydrogen-bond acceptors (Lipinski definition) is 3. The number of hydrogen-bond donors (Lipinski definition) is 2. The Labute approximate surface area is 169 Å². The lowest BCUT2D eigenvalue weighted by atomic mass is 9.84. The number of amides is 1. The number of carbonyl (C=O) groups is 1. The minimum atomic E-state index is 0.119. The zero-order valence-corrected chi connectivity index (χ0v) is 17.7. The van der Waals surface area contributed by atoms with Crippen molar-refractivity contribution in [3.63, 3.8) is 0 Å². The van der Waals surface area contributed by atoms with E-state index in [4.69, 9.17) is 11.6 Å². The second-order valence-electron chi connectivity index (χ2n) is 7.84. The number of aliphatic imine (C=N–C) groups is 1. The molecule has 0 radical (unpaired) electrons. The molecule has 5 heteroatoms. The average molecular weight is 392 g/mol. The standard InChI is InChI=1S/C22H34ClN3O/c1-16-13-19(23)10-11-21(16)25-17(2)9-12-22(27)26-20(15-24-3)14-18-7-5-4-6-8-18/h10-11,13,18,20,24H,4-9,12,14-15H2,1-3H3,(H,26,27). The molecule has 2 rings (SSSR count). The van der Waals surface area contributed by atoms with Crippen LogP contribution in [0.25, 0.3) is 0 Å². The minimum Gasteiger partial charge on any atom is -0.352 e. The van der Waals surface area contributed by atoms with E-state index in [1.807, 2.05) is 39.1 Å². The van der Waals surface area contributed by atoms with Gasteiger partial charge in [0.25, 0.3) is 0 Å². The van der Waals surface area contributed by atoms with Crippen LogP contribution in [0.4, 0.5) is 5.69 Å². The van der Waals surface area contributed by atoms with Crippen LogP contribution < -0.4 is 10.6 Å². The molecule has 0 aliphatic heterocycles. The molecule has 1 unspecified atom stereocenters. The summed E-state index contributed by atoms with van der Waals surface area (Å²) in [6, 6.07) is 5.91. The van der Waals surface area contributed by atoms with Gasteiger partial charge in [-0.1, -0.05) is 43.7 Å². The van der Waals surface area contributed by atoms with Crippen molar-refractivity contribution in [1.82, 2.24) is 10.6 Å². The fourth-order valence-corrected chi connectivity index (χ4v) is 4.09. The summed E-state index contributed by atoms with van der Waals surface area (Å²) in [4.78, 5) is 17.1. The Morgan fingerprint density at radius 3 is 2.67 bits per heavy atom. The molecule has 0 bridgehead atoms. The Morgan fingerprint density at radius 2 is 2.00 bits per heavy atom. The largest absolute Gasteiger partial charge is 0.352 e. The van der Waals surface area contributed by atoms with Crippen molar-refractivity contribution in [2.45, 2.75) is 71.3 Å². The quantitative estimate of drug-likeness (QED) is 0.568. The fraction of sp³-hybridized carbons (Fsp3) is 0.636. The molecule has 0 saturated heterocycles. The molecule has 1 fully saturated rings. The number of nitrogens with zero attached hydrogens (tertiary/aromatic N) is 1. The Hall–Kier alpha value is -1.39. The molecule has 1 atom stereocenters. The van der Waals surface area contributed by atoms with Crippen LogP contribution >= 0.6 is 11.6 Å². The highest BCUT2D eigenvalue weighted by molar-refractivity contribution is 6.30. The zero-order valence-electron chi connectivity index (χ0n) is 17.0. The predicted octanol–water partition coefficient (Wildman–Crippen LogP) is 5.20. The van der Waals surface area contributed by atoms with Gasteiger partial charge in [-0.05, 0) is 63.4 Å². The molecular formula is C22H34ClN3O. The van der Waals surface area contributed by atoms with Crippen LogP contribution in [0.3, 0.4) is 0 Å². The maximum absolute atomic E-state index is 12.4. The zero-order chi connectivity index (χ0) is 19.6. The van der Waals surface area contributed by atoms with Crippen molar-refractivity contribution in [3.8, 4) is 0 Å². The van der Waals surface area contributed by atoms with Crippen LogP contribution in [-0.4, -0.2) is 31.3 Å². The van der Waals surface area contributed by atoms with Gasteiger partial charge in [-0.15, -0.1) is 0 Å². The monoisotopic (exact) mass is 391 g/mol. The summed E-state index contributed by atoms with van der Waals surface area (Å²) in [5.74, 6) is 0.877. The third-order valence-electron chi connectivity index (χ3n) is 5.34. The van der Waals surface area contributed by atoms with Gasteiger partial charge in [0.05, 0.1) is 5.69 Å². The first-order valence-corrected chi connectivity index (χ1v) is 10.6. The van der Waals surface area contributed by atoms with Crippen molar-refractivity contribution in [2.75, 3.05) is 13.6 Å². The molecule has 2 N–H and O–H groups in total. The molecular weight excluding hydrogens is 358 g/mol. The second kappa shape index (κ2) is 11.5. The normalized spacial score (nSPS) is 17.0. The van der Waals surface area contributed by atoms with Gasteiger partial charge in [0.15, 0.2) is 0 Å². The molecule has 0 spiro atoms. The van der Waals surface area contributed by atoms with E-state index < -0.39 is 0 Å². The van der Waals surface area contributed by atoms with E-state index in [1.54, 1.807) is 0 Å². The molecule has 1 aromatic carbocycles. The molecule has 1 saturated carbocycles. The number of carbonyl (C=O) groups excluding carboxylic acids is 1. The minimum absolute atomic E-state index is 0.119. The van der Waals surface area contributed by atoms with Crippen LogP contribution in [0, 0.1) is 12.8 Å². The summed E-state index contributed by atoms with van der Waals surface area (Å²) in [5, 5.41) is 7.17. The molecule has 4 nitrogen and oxygen atoms in total. The van der Waals surface area contributed by atoms with E-state index in [-0.39, 0.29) is 11.9 Å². The molecule has 27 heavy (non-hydrogen) atoms. The summed E-state index contributed by atoms with van der Waals surface area (Å²) in [5.41, 5.74) is 2.93. The molecule has 150 valence electrons. The molecule has 0 heterocycles. The first-order valence-electron chi connectivity index (χ1n) is 10.2. The Morgan fingerprint density at radius 1 is 1.26 bits per heavy atom. The van der Waals surface area contributed by atoms with Gasteiger partial charge in [-0.2, -0.15) is 0 Å². The van der Waals surface area contributed by atoms with Crippen molar-refractivity contribution in [3.05, 3.63) is 28.8 Å². The number of rotatable bonds is 9. The molecule has 1 aliphatic rings. The second-order valence-corrected chi connectivity index (χ2v) is 8.28. The van der Waals surface area contributed by atoms with E-state index in [0.717, 1.165) is 40.9 Å². The third-order valence-corrected chi connectivity index (χ3v) is 5.58. The van der Waals surface area contributed by atoms with E-state index in [2.05, 4.69) is 15.6 Å². The molecule has 0 aromatic heterocycles. The highest BCUT2D eigenvalue weighted by Crippen LogP contribution is 2.27. The van der Waals surface area contributed by atoms with Gasteiger partial charge in [-0.25, -0.2) is 0 Å². The Bertz CT molecular complexity index is 638. The first kappa shape index (κ1) is 21.9. The SMILES string of the molecule is CNCC(CC1CCCCC1)NC(=O)CCC(C)=Nc1ccc(Cl)cc1C. The number of likely N-dealkylation sites (N-methyl/N-ethyl adjacent to an activating group) is 1. The van der Waals surface area contributed by atoms with Crippen LogP contribution in [-0.2, 0) is 4.79 Å². The predicted molar refractivity (Wildman–Crippen MR) is 115 cm³/mol. The van der Waals surface area contributed by atoms with Crippen LogP contribution in [0.15, 0.2) is 23.2 Å².